The number of methoxy groups -OCH3 is 1. The summed E-state index contributed by atoms with van der Waals surface area (Å²) in [5.74, 6) is 1.49. The van der Waals surface area contributed by atoms with Gasteiger partial charge in [-0.1, -0.05) is 32.1 Å². The second kappa shape index (κ2) is 4.61. The van der Waals surface area contributed by atoms with Crippen LogP contribution in [0.1, 0.15) is 46.5 Å². The molecule has 0 saturated heterocycles. The van der Waals surface area contributed by atoms with Gasteiger partial charge in [0.05, 0.1) is 6.10 Å². The normalized spacial score (nSPS) is 40.1. The van der Waals surface area contributed by atoms with Crippen molar-refractivity contribution in [2.45, 2.75) is 52.6 Å². The Kier molecular flexibility index (Phi) is 3.49. The second-order valence-electron chi connectivity index (χ2n) is 6.51. The second-order valence-corrected chi connectivity index (χ2v) is 6.51. The van der Waals surface area contributed by atoms with Gasteiger partial charge in [0, 0.05) is 7.11 Å². The van der Waals surface area contributed by atoms with Crippen LogP contribution in [0.15, 0.2) is 23.8 Å². The summed E-state index contributed by atoms with van der Waals surface area (Å²) < 4.78 is 5.68. The average molecular weight is 234 g/mol. The molecule has 2 aliphatic rings. The molecule has 0 spiro atoms. The van der Waals surface area contributed by atoms with E-state index in [0.29, 0.717) is 11.5 Å². The summed E-state index contributed by atoms with van der Waals surface area (Å²) in [5, 5.41) is 0. The summed E-state index contributed by atoms with van der Waals surface area (Å²) in [7, 11) is 1.84. The van der Waals surface area contributed by atoms with E-state index < -0.39 is 0 Å². The van der Waals surface area contributed by atoms with Crippen molar-refractivity contribution in [2.24, 2.45) is 17.3 Å². The van der Waals surface area contributed by atoms with Gasteiger partial charge in [0.2, 0.25) is 0 Å². The minimum absolute atomic E-state index is 0.313. The highest BCUT2D eigenvalue weighted by molar-refractivity contribution is 5.18. The van der Waals surface area contributed by atoms with Gasteiger partial charge in [0.1, 0.15) is 0 Å². The third-order valence-electron chi connectivity index (χ3n) is 4.95. The lowest BCUT2D eigenvalue weighted by Gasteiger charge is -2.53. The number of allylic oxidation sites excluding steroid dienone is 2. The van der Waals surface area contributed by atoms with E-state index in [1.165, 1.54) is 17.6 Å². The van der Waals surface area contributed by atoms with Crippen LogP contribution in [0.2, 0.25) is 0 Å². The fourth-order valence-corrected chi connectivity index (χ4v) is 3.66. The molecule has 0 bridgehead atoms. The molecule has 2 rings (SSSR count). The zero-order valence-electron chi connectivity index (χ0n) is 11.8. The molecule has 0 heterocycles. The van der Waals surface area contributed by atoms with E-state index >= 15 is 0 Å². The maximum atomic E-state index is 5.68. The molecule has 1 saturated carbocycles. The summed E-state index contributed by atoms with van der Waals surface area (Å²) in [4.78, 5) is 0. The first-order valence-corrected chi connectivity index (χ1v) is 6.83. The molecular weight excluding hydrogens is 208 g/mol. The number of hydrogen-bond donors (Lipinski definition) is 0. The summed E-state index contributed by atoms with van der Waals surface area (Å²) in [5.41, 5.74) is 3.34. The Balaban J connectivity index is 2.21. The lowest BCUT2D eigenvalue weighted by Crippen LogP contribution is -2.46. The minimum Gasteiger partial charge on any atom is -0.377 e. The van der Waals surface area contributed by atoms with Gasteiger partial charge in [-0.2, -0.15) is 0 Å². The van der Waals surface area contributed by atoms with E-state index in [1.807, 2.05) is 7.11 Å². The molecule has 1 fully saturated rings. The van der Waals surface area contributed by atoms with Crippen LogP contribution in [0.4, 0.5) is 0 Å². The maximum absolute atomic E-state index is 5.68. The van der Waals surface area contributed by atoms with E-state index in [2.05, 4.69) is 33.4 Å². The monoisotopic (exact) mass is 234 g/mol. The molecule has 0 N–H and O–H groups in total. The Hall–Kier alpha value is -0.560. The fourth-order valence-electron chi connectivity index (χ4n) is 3.66. The van der Waals surface area contributed by atoms with Gasteiger partial charge in [-0.3, -0.25) is 0 Å². The standard InChI is InChI=1S/C16H26O/c1-11-7-6-8-12(2)15(17-5)9-14-13(11)10-16(14,3)4/h8,13-15H,1,6-7,9-10H2,2-5H3/b12-8-. The van der Waals surface area contributed by atoms with Gasteiger partial charge in [-0.25, -0.2) is 0 Å². The van der Waals surface area contributed by atoms with Crippen molar-refractivity contribution in [3.8, 4) is 0 Å². The quantitative estimate of drug-likeness (QED) is 0.613. The van der Waals surface area contributed by atoms with Crippen molar-refractivity contribution in [3.05, 3.63) is 23.8 Å². The molecule has 3 atom stereocenters. The van der Waals surface area contributed by atoms with Crippen LogP contribution in [-0.4, -0.2) is 13.2 Å². The highest BCUT2D eigenvalue weighted by Gasteiger charge is 2.48. The maximum Gasteiger partial charge on any atom is 0.0781 e. The average Bonchev–Trinajstić information content (AvgIpc) is 2.30. The highest BCUT2D eigenvalue weighted by atomic mass is 16.5. The molecule has 0 aromatic heterocycles. The van der Waals surface area contributed by atoms with Gasteiger partial charge in [0.25, 0.3) is 0 Å². The Labute approximate surface area is 106 Å². The number of ether oxygens (including phenoxy) is 1. The molecule has 0 amide bonds. The predicted octanol–water partition coefficient (Wildman–Crippen LogP) is 4.35. The molecule has 0 aliphatic heterocycles. The van der Waals surface area contributed by atoms with Crippen LogP contribution in [0, 0.1) is 17.3 Å². The van der Waals surface area contributed by atoms with Gasteiger partial charge in [0.15, 0.2) is 0 Å². The molecule has 3 unspecified atom stereocenters. The molecular formula is C16H26O. The van der Waals surface area contributed by atoms with Crippen molar-refractivity contribution >= 4 is 0 Å². The molecule has 2 aliphatic carbocycles. The summed E-state index contributed by atoms with van der Waals surface area (Å²) >= 11 is 0. The first kappa shape index (κ1) is 12.9. The third-order valence-corrected chi connectivity index (χ3v) is 4.95. The number of rotatable bonds is 1. The topological polar surface area (TPSA) is 9.23 Å². The van der Waals surface area contributed by atoms with Crippen LogP contribution in [-0.2, 0) is 4.74 Å². The van der Waals surface area contributed by atoms with Crippen LogP contribution in [0.25, 0.3) is 0 Å². The van der Waals surface area contributed by atoms with E-state index in [9.17, 15) is 0 Å². The lowest BCUT2D eigenvalue weighted by molar-refractivity contribution is -0.0281. The lowest BCUT2D eigenvalue weighted by atomic mass is 9.52. The Morgan fingerprint density at radius 2 is 2.12 bits per heavy atom. The van der Waals surface area contributed by atoms with Crippen molar-refractivity contribution in [2.75, 3.05) is 7.11 Å². The van der Waals surface area contributed by atoms with Gasteiger partial charge in [-0.05, 0) is 55.4 Å². The molecule has 1 nitrogen and oxygen atoms in total. The van der Waals surface area contributed by atoms with E-state index in [1.54, 1.807) is 0 Å². The first-order chi connectivity index (χ1) is 7.95. The smallest absolute Gasteiger partial charge is 0.0781 e. The van der Waals surface area contributed by atoms with E-state index in [0.717, 1.165) is 31.1 Å². The molecule has 1 heteroatoms. The minimum atomic E-state index is 0.313. The van der Waals surface area contributed by atoms with Crippen LogP contribution >= 0.6 is 0 Å². The zero-order chi connectivity index (χ0) is 12.6. The molecule has 0 aromatic carbocycles. The highest BCUT2D eigenvalue weighted by Crippen LogP contribution is 2.56. The van der Waals surface area contributed by atoms with Crippen molar-refractivity contribution in [1.29, 1.82) is 0 Å². The molecule has 17 heavy (non-hydrogen) atoms. The largest absolute Gasteiger partial charge is 0.377 e. The van der Waals surface area contributed by atoms with Crippen molar-refractivity contribution in [3.63, 3.8) is 0 Å². The Morgan fingerprint density at radius 3 is 2.71 bits per heavy atom. The SMILES string of the molecule is C=C1CC/C=C(/C)C(OC)CC2C1CC2(C)C. The van der Waals surface area contributed by atoms with Gasteiger partial charge in [-0.15, -0.1) is 0 Å². The van der Waals surface area contributed by atoms with Crippen molar-refractivity contribution in [1.82, 2.24) is 0 Å². The van der Waals surface area contributed by atoms with Gasteiger partial charge < -0.3 is 4.74 Å². The number of hydrogen-bond acceptors (Lipinski definition) is 1. The van der Waals surface area contributed by atoms with E-state index in [4.69, 9.17) is 4.74 Å². The first-order valence-electron chi connectivity index (χ1n) is 6.83. The zero-order valence-corrected chi connectivity index (χ0v) is 11.8. The summed E-state index contributed by atoms with van der Waals surface area (Å²) in [6, 6.07) is 0. The Morgan fingerprint density at radius 1 is 1.41 bits per heavy atom. The van der Waals surface area contributed by atoms with Gasteiger partial charge >= 0.3 is 0 Å². The van der Waals surface area contributed by atoms with E-state index in [-0.39, 0.29) is 0 Å². The summed E-state index contributed by atoms with van der Waals surface area (Å²) in [6.07, 6.45) is 7.42. The number of fused-ring (bicyclic) bond motifs is 1. The summed E-state index contributed by atoms with van der Waals surface area (Å²) in [6.45, 7) is 11.3. The van der Waals surface area contributed by atoms with Crippen LogP contribution < -0.4 is 0 Å². The predicted molar refractivity (Wildman–Crippen MR) is 72.9 cm³/mol. The van der Waals surface area contributed by atoms with Crippen molar-refractivity contribution < 1.29 is 4.74 Å². The third kappa shape index (κ3) is 2.35. The fraction of sp³-hybridized carbons (Fsp3) is 0.750. The Bertz CT molecular complexity index is 337. The molecule has 0 aromatic rings. The van der Waals surface area contributed by atoms with Crippen LogP contribution in [0.3, 0.4) is 0 Å². The molecule has 96 valence electrons. The van der Waals surface area contributed by atoms with Crippen LogP contribution in [0.5, 0.6) is 0 Å². The molecule has 0 radical (unpaired) electrons.